The number of nitrogens with zero attached hydrogens (tertiary/aromatic N) is 2. The van der Waals surface area contributed by atoms with Gasteiger partial charge in [-0.15, -0.1) is 0 Å². The lowest BCUT2D eigenvalue weighted by molar-refractivity contribution is 0.350. The van der Waals surface area contributed by atoms with Crippen LogP contribution < -0.4 is 0 Å². The van der Waals surface area contributed by atoms with Gasteiger partial charge in [-0.25, -0.2) is 9.97 Å². The second-order valence-electron chi connectivity index (χ2n) is 1.70. The van der Waals surface area contributed by atoms with E-state index in [1.54, 1.807) is 0 Å². The van der Waals surface area contributed by atoms with E-state index in [1.165, 1.54) is 12.4 Å². The van der Waals surface area contributed by atoms with Crippen molar-refractivity contribution in [1.29, 1.82) is 0 Å². The van der Waals surface area contributed by atoms with Crippen molar-refractivity contribution < 1.29 is 5.11 Å². The van der Waals surface area contributed by atoms with Gasteiger partial charge in [-0.2, -0.15) is 0 Å². The van der Waals surface area contributed by atoms with Gasteiger partial charge in [-0.3, -0.25) is 0 Å². The minimum absolute atomic E-state index is 0.164. The van der Waals surface area contributed by atoms with Gasteiger partial charge in [0.1, 0.15) is 6.61 Å². The summed E-state index contributed by atoms with van der Waals surface area (Å²) in [5.41, 5.74) is 0.642. The first-order chi connectivity index (χ1) is 5.33. The summed E-state index contributed by atoms with van der Waals surface area (Å²) in [5.74, 6) is 5.10. The van der Waals surface area contributed by atoms with Crippen LogP contribution >= 0.6 is 11.6 Å². The van der Waals surface area contributed by atoms with E-state index < -0.39 is 0 Å². The van der Waals surface area contributed by atoms with Crippen molar-refractivity contribution in [1.82, 2.24) is 9.97 Å². The van der Waals surface area contributed by atoms with E-state index in [9.17, 15) is 0 Å². The summed E-state index contributed by atoms with van der Waals surface area (Å²) < 4.78 is 0. The number of aliphatic hydroxyl groups is 1. The lowest BCUT2D eigenvalue weighted by Gasteiger charge is -1.87. The number of hydrogen-bond acceptors (Lipinski definition) is 3. The molecule has 0 unspecified atom stereocenters. The Morgan fingerprint density at radius 2 is 2.09 bits per heavy atom. The Balaban J connectivity index is 2.82. The van der Waals surface area contributed by atoms with Crippen molar-refractivity contribution >= 4 is 11.6 Å². The van der Waals surface area contributed by atoms with E-state index in [2.05, 4.69) is 21.8 Å². The fourth-order valence-corrected chi connectivity index (χ4v) is 0.616. The van der Waals surface area contributed by atoms with Crippen molar-refractivity contribution in [3.63, 3.8) is 0 Å². The Bertz CT molecular complexity index is 286. The Morgan fingerprint density at radius 3 is 2.64 bits per heavy atom. The summed E-state index contributed by atoms with van der Waals surface area (Å²) in [7, 11) is 0. The van der Waals surface area contributed by atoms with Crippen LogP contribution in [0.2, 0.25) is 5.28 Å². The number of aromatic nitrogens is 2. The third-order valence-electron chi connectivity index (χ3n) is 0.932. The molecule has 1 aromatic heterocycles. The molecule has 1 aromatic rings. The van der Waals surface area contributed by atoms with E-state index >= 15 is 0 Å². The summed E-state index contributed by atoms with van der Waals surface area (Å²) in [5, 5.41) is 8.54. The zero-order valence-corrected chi connectivity index (χ0v) is 6.34. The Labute approximate surface area is 69.1 Å². The number of rotatable bonds is 0. The minimum atomic E-state index is -0.164. The monoisotopic (exact) mass is 168 g/mol. The number of halogens is 1. The Hall–Kier alpha value is -1.11. The van der Waals surface area contributed by atoms with Crippen molar-refractivity contribution in [2.45, 2.75) is 0 Å². The second-order valence-corrected chi connectivity index (χ2v) is 2.04. The zero-order chi connectivity index (χ0) is 8.10. The highest BCUT2D eigenvalue weighted by Crippen LogP contribution is 1.98. The average molecular weight is 169 g/mol. The van der Waals surface area contributed by atoms with Crippen LogP contribution in [0.3, 0.4) is 0 Å². The van der Waals surface area contributed by atoms with E-state index in [1.807, 2.05) is 0 Å². The molecule has 0 aliphatic carbocycles. The summed E-state index contributed by atoms with van der Waals surface area (Å²) in [6.45, 7) is -0.164. The number of hydrogen-bond donors (Lipinski definition) is 1. The Morgan fingerprint density at radius 1 is 1.45 bits per heavy atom. The first-order valence-electron chi connectivity index (χ1n) is 2.90. The van der Waals surface area contributed by atoms with Crippen molar-refractivity contribution in [2.24, 2.45) is 0 Å². The second kappa shape index (κ2) is 3.91. The van der Waals surface area contributed by atoms with Crippen LogP contribution in [0.4, 0.5) is 0 Å². The average Bonchev–Trinajstić information content (AvgIpc) is 2.04. The molecule has 56 valence electrons. The van der Waals surface area contributed by atoms with Gasteiger partial charge in [0.25, 0.3) is 0 Å². The lowest BCUT2D eigenvalue weighted by Crippen LogP contribution is -1.83. The SMILES string of the molecule is OCC#Cc1cnc(Cl)nc1. The van der Waals surface area contributed by atoms with Gasteiger partial charge in [-0.1, -0.05) is 11.8 Å². The molecule has 0 atom stereocenters. The minimum Gasteiger partial charge on any atom is -0.384 e. The fraction of sp³-hybridized carbons (Fsp3) is 0.143. The molecule has 0 amide bonds. The molecule has 0 aliphatic rings. The van der Waals surface area contributed by atoms with E-state index in [-0.39, 0.29) is 11.9 Å². The molecule has 4 heteroatoms. The van der Waals surface area contributed by atoms with Crippen molar-refractivity contribution in [3.05, 3.63) is 23.2 Å². The molecule has 1 heterocycles. The fourth-order valence-electron chi connectivity index (χ4n) is 0.518. The molecule has 0 fully saturated rings. The maximum Gasteiger partial charge on any atom is 0.222 e. The molecule has 0 radical (unpaired) electrons. The van der Waals surface area contributed by atoms with Gasteiger partial charge in [0.15, 0.2) is 0 Å². The molecule has 3 nitrogen and oxygen atoms in total. The quantitative estimate of drug-likeness (QED) is 0.453. The largest absolute Gasteiger partial charge is 0.384 e. The van der Waals surface area contributed by atoms with Crippen LogP contribution in [0.25, 0.3) is 0 Å². The van der Waals surface area contributed by atoms with Crippen LogP contribution in [0.15, 0.2) is 12.4 Å². The molecule has 0 bridgehead atoms. The highest BCUT2D eigenvalue weighted by Gasteiger charge is 1.88. The number of aliphatic hydroxyl groups excluding tert-OH is 1. The highest BCUT2D eigenvalue weighted by molar-refractivity contribution is 6.28. The van der Waals surface area contributed by atoms with Crippen LogP contribution in [-0.2, 0) is 0 Å². The third-order valence-corrected chi connectivity index (χ3v) is 1.13. The molecule has 0 spiro atoms. The predicted octanol–water partition coefficient (Wildman–Crippen LogP) is 0.474. The molecule has 0 aromatic carbocycles. The van der Waals surface area contributed by atoms with Gasteiger partial charge in [-0.05, 0) is 11.6 Å². The van der Waals surface area contributed by atoms with Crippen LogP contribution in [-0.4, -0.2) is 21.7 Å². The van der Waals surface area contributed by atoms with Gasteiger partial charge >= 0.3 is 0 Å². The van der Waals surface area contributed by atoms with Gasteiger partial charge in [0.05, 0.1) is 5.56 Å². The summed E-state index contributed by atoms with van der Waals surface area (Å²) >= 11 is 5.43. The van der Waals surface area contributed by atoms with Crippen LogP contribution in [0.5, 0.6) is 0 Å². The normalized spacial score (nSPS) is 8.55. The van der Waals surface area contributed by atoms with E-state index in [0.717, 1.165) is 0 Å². The molecular weight excluding hydrogens is 164 g/mol. The summed E-state index contributed by atoms with van der Waals surface area (Å²) in [6.07, 6.45) is 3.00. The van der Waals surface area contributed by atoms with Crippen LogP contribution in [0.1, 0.15) is 5.56 Å². The maximum atomic E-state index is 8.34. The van der Waals surface area contributed by atoms with Crippen LogP contribution in [0, 0.1) is 11.8 Å². The topological polar surface area (TPSA) is 46.0 Å². The molecule has 0 saturated carbocycles. The summed E-state index contributed by atoms with van der Waals surface area (Å²) in [4.78, 5) is 7.40. The molecule has 1 N–H and O–H groups in total. The molecule has 0 aliphatic heterocycles. The third kappa shape index (κ3) is 2.54. The molecular formula is C7H5ClN2O. The van der Waals surface area contributed by atoms with E-state index in [4.69, 9.17) is 16.7 Å². The molecule has 11 heavy (non-hydrogen) atoms. The lowest BCUT2D eigenvalue weighted by atomic mass is 10.3. The molecule has 1 rings (SSSR count). The van der Waals surface area contributed by atoms with E-state index in [0.29, 0.717) is 5.56 Å². The maximum absolute atomic E-state index is 8.34. The predicted molar refractivity (Wildman–Crippen MR) is 41.0 cm³/mol. The standard InChI is InChI=1S/C7H5ClN2O/c8-7-9-4-6(5-10-7)2-1-3-11/h4-5,11H,3H2. The Kier molecular flexibility index (Phi) is 2.84. The zero-order valence-electron chi connectivity index (χ0n) is 5.58. The van der Waals surface area contributed by atoms with Gasteiger partial charge in [0.2, 0.25) is 5.28 Å². The molecule has 0 saturated heterocycles. The smallest absolute Gasteiger partial charge is 0.222 e. The van der Waals surface area contributed by atoms with Gasteiger partial charge in [0, 0.05) is 12.4 Å². The highest BCUT2D eigenvalue weighted by atomic mass is 35.5. The van der Waals surface area contributed by atoms with Crippen molar-refractivity contribution in [2.75, 3.05) is 6.61 Å². The summed E-state index contributed by atoms with van der Waals surface area (Å²) in [6, 6.07) is 0. The first kappa shape index (κ1) is 7.99. The van der Waals surface area contributed by atoms with Gasteiger partial charge < -0.3 is 5.11 Å². The first-order valence-corrected chi connectivity index (χ1v) is 3.28. The van der Waals surface area contributed by atoms with Crippen molar-refractivity contribution in [3.8, 4) is 11.8 Å².